The van der Waals surface area contributed by atoms with Gasteiger partial charge in [0.05, 0.1) is 5.02 Å². The number of anilines is 1. The Labute approximate surface area is 102 Å². The highest BCUT2D eigenvalue weighted by atomic mass is 35.5. The van der Waals surface area contributed by atoms with E-state index in [2.05, 4.69) is 22.1 Å². The maximum atomic E-state index is 6.06. The van der Waals surface area contributed by atoms with E-state index >= 15 is 0 Å². The summed E-state index contributed by atoms with van der Waals surface area (Å²) in [6, 6.07) is 4.24. The molecule has 1 saturated heterocycles. The number of aromatic nitrogens is 1. The van der Waals surface area contributed by atoms with Crippen molar-refractivity contribution in [2.24, 2.45) is 0 Å². The van der Waals surface area contributed by atoms with Crippen LogP contribution in [0, 0.1) is 0 Å². The summed E-state index contributed by atoms with van der Waals surface area (Å²) in [5.74, 6) is 0.819. The Hall–Kier alpha value is -0.800. The number of halogens is 1. The molecule has 2 rings (SSSR count). The van der Waals surface area contributed by atoms with Crippen LogP contribution >= 0.6 is 11.6 Å². The molecule has 1 aliphatic rings. The molecule has 0 spiro atoms. The van der Waals surface area contributed by atoms with Gasteiger partial charge in [0, 0.05) is 25.3 Å². The summed E-state index contributed by atoms with van der Waals surface area (Å²) in [6.45, 7) is 5.69. The van der Waals surface area contributed by atoms with Gasteiger partial charge in [-0.1, -0.05) is 18.5 Å². The number of hydrogen-bond donors (Lipinski definition) is 1. The molecule has 3 nitrogen and oxygen atoms in total. The lowest BCUT2D eigenvalue weighted by Crippen LogP contribution is -2.39. The monoisotopic (exact) mass is 239 g/mol. The van der Waals surface area contributed by atoms with E-state index in [4.69, 9.17) is 11.6 Å². The molecule has 1 fully saturated rings. The number of nitrogens with one attached hydrogen (secondary N) is 1. The second-order valence-corrected chi connectivity index (χ2v) is 4.59. The van der Waals surface area contributed by atoms with Crippen molar-refractivity contribution < 1.29 is 0 Å². The van der Waals surface area contributed by atoms with Crippen LogP contribution in [0.25, 0.3) is 0 Å². The third-order valence-electron chi connectivity index (χ3n) is 3.13. The van der Waals surface area contributed by atoms with E-state index in [0.29, 0.717) is 11.1 Å². The number of piperidine rings is 1. The molecule has 0 atom stereocenters. The molecule has 1 aliphatic heterocycles. The average molecular weight is 240 g/mol. The maximum absolute atomic E-state index is 6.06. The van der Waals surface area contributed by atoms with Crippen molar-refractivity contribution in [1.29, 1.82) is 0 Å². The Morgan fingerprint density at radius 3 is 2.88 bits per heavy atom. The Morgan fingerprint density at radius 1 is 1.50 bits per heavy atom. The second kappa shape index (κ2) is 5.51. The first-order valence-electron chi connectivity index (χ1n) is 5.89. The van der Waals surface area contributed by atoms with Gasteiger partial charge in [0.15, 0.2) is 0 Å². The van der Waals surface area contributed by atoms with Crippen molar-refractivity contribution in [3.8, 4) is 0 Å². The Balaban J connectivity index is 1.89. The summed E-state index contributed by atoms with van der Waals surface area (Å²) in [5, 5.41) is 4.13. The zero-order valence-corrected chi connectivity index (χ0v) is 10.4. The van der Waals surface area contributed by atoms with Crippen molar-refractivity contribution >= 4 is 17.4 Å². The molecular weight excluding hydrogens is 222 g/mol. The van der Waals surface area contributed by atoms with Crippen LogP contribution in [-0.2, 0) is 0 Å². The van der Waals surface area contributed by atoms with Gasteiger partial charge in [-0.15, -0.1) is 0 Å². The lowest BCUT2D eigenvalue weighted by atomic mass is 10.1. The van der Waals surface area contributed by atoms with E-state index in [0.717, 1.165) is 12.4 Å². The summed E-state index contributed by atoms with van der Waals surface area (Å²) in [7, 11) is 0. The topological polar surface area (TPSA) is 28.2 Å². The zero-order valence-electron chi connectivity index (χ0n) is 9.62. The summed E-state index contributed by atoms with van der Waals surface area (Å²) < 4.78 is 0. The predicted molar refractivity (Wildman–Crippen MR) is 68.0 cm³/mol. The zero-order chi connectivity index (χ0) is 11.4. The van der Waals surface area contributed by atoms with Crippen LogP contribution in [-0.4, -0.2) is 35.6 Å². The van der Waals surface area contributed by atoms with Crippen LogP contribution in [0.1, 0.15) is 19.8 Å². The standard InChI is InChI=1S/C12H18ClN3/c1-2-16-8-5-10(6-9-16)15-12-11(13)4-3-7-14-12/h3-4,7,10H,2,5-6,8-9H2,1H3,(H,14,15). The smallest absolute Gasteiger partial charge is 0.144 e. The molecule has 1 N–H and O–H groups in total. The fraction of sp³-hybridized carbons (Fsp3) is 0.583. The normalized spacial score (nSPS) is 18.6. The number of nitrogens with zero attached hydrogens (tertiary/aromatic N) is 2. The highest BCUT2D eigenvalue weighted by molar-refractivity contribution is 6.32. The molecule has 0 bridgehead atoms. The van der Waals surface area contributed by atoms with E-state index in [1.165, 1.54) is 25.9 Å². The molecule has 0 unspecified atom stereocenters. The molecule has 16 heavy (non-hydrogen) atoms. The van der Waals surface area contributed by atoms with Crippen LogP contribution in [0.5, 0.6) is 0 Å². The molecule has 4 heteroatoms. The number of pyridine rings is 1. The molecule has 0 aromatic carbocycles. The van der Waals surface area contributed by atoms with Crippen LogP contribution in [0.4, 0.5) is 5.82 Å². The summed E-state index contributed by atoms with van der Waals surface area (Å²) in [5.41, 5.74) is 0. The molecular formula is C12H18ClN3. The molecule has 1 aromatic heterocycles. The van der Waals surface area contributed by atoms with E-state index in [-0.39, 0.29) is 0 Å². The van der Waals surface area contributed by atoms with Crippen molar-refractivity contribution in [3.05, 3.63) is 23.4 Å². The predicted octanol–water partition coefficient (Wildman–Crippen LogP) is 2.63. The van der Waals surface area contributed by atoms with Gasteiger partial charge in [-0.25, -0.2) is 4.98 Å². The van der Waals surface area contributed by atoms with Gasteiger partial charge in [0.2, 0.25) is 0 Å². The van der Waals surface area contributed by atoms with Gasteiger partial charge in [-0.3, -0.25) is 0 Å². The first-order chi connectivity index (χ1) is 7.79. The molecule has 88 valence electrons. The van der Waals surface area contributed by atoms with E-state index in [1.54, 1.807) is 6.20 Å². The molecule has 2 heterocycles. The third kappa shape index (κ3) is 2.86. The second-order valence-electron chi connectivity index (χ2n) is 4.19. The quantitative estimate of drug-likeness (QED) is 0.879. The van der Waals surface area contributed by atoms with Gasteiger partial charge >= 0.3 is 0 Å². The van der Waals surface area contributed by atoms with Gasteiger partial charge in [0.25, 0.3) is 0 Å². The first-order valence-corrected chi connectivity index (χ1v) is 6.27. The van der Waals surface area contributed by atoms with Gasteiger partial charge < -0.3 is 10.2 Å². The number of rotatable bonds is 3. The number of likely N-dealkylation sites (tertiary alicyclic amines) is 1. The van der Waals surface area contributed by atoms with Crippen molar-refractivity contribution in [3.63, 3.8) is 0 Å². The fourth-order valence-electron chi connectivity index (χ4n) is 2.08. The van der Waals surface area contributed by atoms with Gasteiger partial charge in [0.1, 0.15) is 5.82 Å². The highest BCUT2D eigenvalue weighted by Gasteiger charge is 2.18. The Bertz CT molecular complexity index is 335. The molecule has 0 amide bonds. The molecule has 0 saturated carbocycles. The maximum Gasteiger partial charge on any atom is 0.144 e. The minimum atomic E-state index is 0.509. The minimum Gasteiger partial charge on any atom is -0.366 e. The van der Waals surface area contributed by atoms with E-state index in [1.807, 2.05) is 12.1 Å². The van der Waals surface area contributed by atoms with Gasteiger partial charge in [-0.05, 0) is 31.5 Å². The summed E-state index contributed by atoms with van der Waals surface area (Å²) in [4.78, 5) is 6.73. The summed E-state index contributed by atoms with van der Waals surface area (Å²) in [6.07, 6.45) is 4.11. The molecule has 0 radical (unpaired) electrons. The van der Waals surface area contributed by atoms with Crippen molar-refractivity contribution in [2.45, 2.75) is 25.8 Å². The minimum absolute atomic E-state index is 0.509. The fourth-order valence-corrected chi connectivity index (χ4v) is 2.25. The molecule has 0 aliphatic carbocycles. The van der Waals surface area contributed by atoms with Crippen molar-refractivity contribution in [2.75, 3.05) is 25.0 Å². The average Bonchev–Trinajstić information content (AvgIpc) is 2.33. The third-order valence-corrected chi connectivity index (χ3v) is 3.44. The number of hydrogen-bond acceptors (Lipinski definition) is 3. The van der Waals surface area contributed by atoms with Crippen LogP contribution in [0.2, 0.25) is 5.02 Å². The van der Waals surface area contributed by atoms with Crippen LogP contribution in [0.3, 0.4) is 0 Å². The van der Waals surface area contributed by atoms with E-state index in [9.17, 15) is 0 Å². The van der Waals surface area contributed by atoms with Crippen molar-refractivity contribution in [1.82, 2.24) is 9.88 Å². The molecule has 1 aromatic rings. The summed E-state index contributed by atoms with van der Waals surface area (Å²) >= 11 is 6.06. The first kappa shape index (κ1) is 11.7. The lowest BCUT2D eigenvalue weighted by molar-refractivity contribution is 0.229. The lowest BCUT2D eigenvalue weighted by Gasteiger charge is -2.31. The van der Waals surface area contributed by atoms with E-state index < -0.39 is 0 Å². The van der Waals surface area contributed by atoms with Crippen LogP contribution < -0.4 is 5.32 Å². The largest absolute Gasteiger partial charge is 0.366 e. The SMILES string of the molecule is CCN1CCC(Nc2ncccc2Cl)CC1. The Kier molecular flexibility index (Phi) is 4.02. The highest BCUT2D eigenvalue weighted by Crippen LogP contribution is 2.21. The van der Waals surface area contributed by atoms with Gasteiger partial charge in [-0.2, -0.15) is 0 Å². The van der Waals surface area contributed by atoms with Crippen LogP contribution in [0.15, 0.2) is 18.3 Å². The Morgan fingerprint density at radius 2 is 2.25 bits per heavy atom.